The molecule has 0 radical (unpaired) electrons. The van der Waals surface area contributed by atoms with E-state index in [4.69, 9.17) is 17.3 Å². The number of amidine groups is 1. The molecule has 4 N–H and O–H groups in total. The highest BCUT2D eigenvalue weighted by Crippen LogP contribution is 2.32. The number of nitrogens with one attached hydrogen (secondary N) is 2. The highest BCUT2D eigenvalue weighted by atomic mass is 35.5. The number of hydrogen-bond acceptors (Lipinski definition) is 3. The Labute approximate surface area is 190 Å². The van der Waals surface area contributed by atoms with Crippen LogP contribution < -0.4 is 16.4 Å². The topological polar surface area (TPSA) is 96.6 Å². The fourth-order valence-corrected chi connectivity index (χ4v) is 3.16. The van der Waals surface area contributed by atoms with Crippen LogP contribution in [0.3, 0.4) is 0 Å². The Bertz CT molecular complexity index is 1130. The second-order valence-corrected chi connectivity index (χ2v) is 7.11. The Kier molecular flexibility index (Phi) is 8.15. The van der Waals surface area contributed by atoms with E-state index in [0.29, 0.717) is 12.1 Å². The highest BCUT2D eigenvalue weighted by Gasteiger charge is 2.32. The maximum absolute atomic E-state index is 13.8. The molecule has 2 aromatic carbocycles. The lowest BCUT2D eigenvalue weighted by atomic mass is 9.95. The maximum Gasteiger partial charge on any atom is 0.416 e. The van der Waals surface area contributed by atoms with E-state index in [2.05, 4.69) is 15.6 Å². The van der Waals surface area contributed by atoms with E-state index in [0.717, 1.165) is 12.1 Å². The van der Waals surface area contributed by atoms with Crippen molar-refractivity contribution in [2.45, 2.75) is 19.1 Å². The minimum absolute atomic E-state index is 0.0158. The molecule has 2 aromatic rings. The van der Waals surface area contributed by atoms with E-state index in [-0.39, 0.29) is 34.3 Å². The van der Waals surface area contributed by atoms with Crippen LogP contribution in [-0.4, -0.2) is 25.2 Å². The van der Waals surface area contributed by atoms with Crippen LogP contribution in [0.5, 0.6) is 0 Å². The Morgan fingerprint density at radius 2 is 1.82 bits per heavy atom. The molecular formula is C21H18ClF5N4O2. The molecule has 6 nitrogen and oxygen atoms in total. The first-order chi connectivity index (χ1) is 15.4. The SMILES string of the molecule is CN/C(C)=C(\C(N)=NC(=O)c1cc(F)cc(C(F)(F)F)c1)C(NC=O)c1cc(F)ccc1Cl. The molecule has 0 saturated heterocycles. The van der Waals surface area contributed by atoms with Gasteiger partial charge in [0.1, 0.15) is 17.5 Å². The minimum atomic E-state index is -4.90. The lowest BCUT2D eigenvalue weighted by Crippen LogP contribution is -2.32. The molecule has 0 spiro atoms. The molecule has 0 aliphatic carbocycles. The number of carbonyl (C=O) groups is 2. The van der Waals surface area contributed by atoms with Gasteiger partial charge in [-0.15, -0.1) is 0 Å². The standard InChI is InChI=1S/C21H18ClF5N4O2/c1-10(29-2)17(18(30-9-32)15-8-13(23)3-4-16(15)22)19(28)31-20(33)11-5-12(21(25,26)27)7-14(24)6-11/h3-9,18,29H,1-2H3,(H,30,32)(H2,28,31,33)/b17-10-. The van der Waals surface area contributed by atoms with Crippen LogP contribution in [0.1, 0.15) is 34.5 Å². The number of amides is 2. The zero-order chi connectivity index (χ0) is 24.9. The Hall–Kier alpha value is -3.47. The molecule has 0 heterocycles. The number of hydrogen-bond donors (Lipinski definition) is 3. The molecule has 2 rings (SSSR count). The van der Waals surface area contributed by atoms with Gasteiger partial charge >= 0.3 is 6.18 Å². The molecule has 0 aliphatic rings. The second-order valence-electron chi connectivity index (χ2n) is 6.70. The van der Waals surface area contributed by atoms with Gasteiger partial charge in [0.15, 0.2) is 0 Å². The van der Waals surface area contributed by atoms with Crippen LogP contribution in [0, 0.1) is 11.6 Å². The lowest BCUT2D eigenvalue weighted by molar-refractivity contribution is -0.137. The van der Waals surface area contributed by atoms with Crippen molar-refractivity contribution in [2.75, 3.05) is 7.05 Å². The van der Waals surface area contributed by atoms with E-state index < -0.39 is 46.7 Å². The molecule has 0 aromatic heterocycles. The van der Waals surface area contributed by atoms with Crippen LogP contribution in [0.4, 0.5) is 22.0 Å². The van der Waals surface area contributed by atoms with Gasteiger partial charge in [0.2, 0.25) is 6.41 Å². The summed E-state index contributed by atoms with van der Waals surface area (Å²) >= 11 is 6.14. The van der Waals surface area contributed by atoms with E-state index in [1.54, 1.807) is 0 Å². The summed E-state index contributed by atoms with van der Waals surface area (Å²) in [5.74, 6) is -3.77. The number of nitrogens with zero attached hydrogens (tertiary/aromatic N) is 1. The Balaban J connectivity index is 2.61. The summed E-state index contributed by atoms with van der Waals surface area (Å²) < 4.78 is 66.4. The molecule has 0 aliphatic heterocycles. The first-order valence-corrected chi connectivity index (χ1v) is 9.56. The minimum Gasteiger partial charge on any atom is -0.391 e. The van der Waals surface area contributed by atoms with Crippen LogP contribution in [-0.2, 0) is 11.0 Å². The predicted molar refractivity (Wildman–Crippen MR) is 112 cm³/mol. The highest BCUT2D eigenvalue weighted by molar-refractivity contribution is 6.31. The number of alkyl halides is 3. The maximum atomic E-state index is 13.8. The largest absolute Gasteiger partial charge is 0.416 e. The monoisotopic (exact) mass is 488 g/mol. The van der Waals surface area contributed by atoms with E-state index in [1.807, 2.05) is 0 Å². The third-order valence-corrected chi connectivity index (χ3v) is 4.89. The van der Waals surface area contributed by atoms with E-state index in [1.165, 1.54) is 20.0 Å². The van der Waals surface area contributed by atoms with Crippen LogP contribution in [0.25, 0.3) is 0 Å². The first kappa shape index (κ1) is 25.8. The molecule has 12 heteroatoms. The summed E-state index contributed by atoms with van der Waals surface area (Å²) in [5.41, 5.74) is 4.23. The molecule has 2 amide bonds. The summed E-state index contributed by atoms with van der Waals surface area (Å²) in [7, 11) is 1.48. The summed E-state index contributed by atoms with van der Waals surface area (Å²) in [6.07, 6.45) is -4.61. The van der Waals surface area contributed by atoms with Crippen LogP contribution in [0.15, 0.2) is 52.7 Å². The van der Waals surface area contributed by atoms with Gasteiger partial charge < -0.3 is 16.4 Å². The number of carbonyl (C=O) groups excluding carboxylic acids is 2. The van der Waals surface area contributed by atoms with E-state index >= 15 is 0 Å². The van der Waals surface area contributed by atoms with Crippen LogP contribution in [0.2, 0.25) is 5.02 Å². The van der Waals surface area contributed by atoms with Crippen molar-refractivity contribution in [1.29, 1.82) is 0 Å². The van der Waals surface area contributed by atoms with Gasteiger partial charge in [0.05, 0.1) is 11.6 Å². The number of nitrogens with two attached hydrogens (primary N) is 1. The van der Waals surface area contributed by atoms with Gasteiger partial charge in [-0.2, -0.15) is 18.2 Å². The Morgan fingerprint density at radius 3 is 2.39 bits per heavy atom. The van der Waals surface area contributed by atoms with Crippen molar-refractivity contribution < 1.29 is 31.5 Å². The van der Waals surface area contributed by atoms with Crippen molar-refractivity contribution in [3.05, 3.63) is 81.0 Å². The van der Waals surface area contributed by atoms with Crippen molar-refractivity contribution >= 4 is 29.8 Å². The fourth-order valence-electron chi connectivity index (χ4n) is 2.93. The van der Waals surface area contributed by atoms with Crippen LogP contribution >= 0.6 is 11.6 Å². The predicted octanol–water partition coefficient (Wildman–Crippen LogP) is 4.12. The number of halogens is 6. The summed E-state index contributed by atoms with van der Waals surface area (Å²) in [6, 6.07) is 3.41. The van der Waals surface area contributed by atoms with Crippen molar-refractivity contribution in [3.8, 4) is 0 Å². The van der Waals surface area contributed by atoms with Gasteiger partial charge in [-0.25, -0.2) is 8.78 Å². The van der Waals surface area contributed by atoms with Gasteiger partial charge in [-0.1, -0.05) is 11.6 Å². The molecule has 0 fully saturated rings. The summed E-state index contributed by atoms with van der Waals surface area (Å²) in [5, 5.41) is 5.20. The smallest absolute Gasteiger partial charge is 0.391 e. The molecule has 1 unspecified atom stereocenters. The van der Waals surface area contributed by atoms with Crippen molar-refractivity contribution in [2.24, 2.45) is 10.7 Å². The number of benzene rings is 2. The second kappa shape index (κ2) is 10.4. The lowest BCUT2D eigenvalue weighted by Gasteiger charge is -2.23. The third kappa shape index (κ3) is 6.28. The van der Waals surface area contributed by atoms with Gasteiger partial charge in [-0.05, 0) is 43.3 Å². The van der Waals surface area contributed by atoms with Gasteiger partial charge in [0, 0.05) is 34.5 Å². The number of rotatable bonds is 7. The number of aliphatic imine (C=N–C) groups is 1. The Morgan fingerprint density at radius 1 is 1.15 bits per heavy atom. The summed E-state index contributed by atoms with van der Waals surface area (Å²) in [4.78, 5) is 27.4. The quantitative estimate of drug-likeness (QED) is 0.236. The van der Waals surface area contributed by atoms with Crippen molar-refractivity contribution in [3.63, 3.8) is 0 Å². The molecule has 33 heavy (non-hydrogen) atoms. The average Bonchev–Trinajstić information content (AvgIpc) is 2.73. The van der Waals surface area contributed by atoms with Gasteiger partial charge in [-0.3, -0.25) is 9.59 Å². The molecule has 1 atom stereocenters. The zero-order valence-electron chi connectivity index (χ0n) is 17.2. The third-order valence-electron chi connectivity index (χ3n) is 4.54. The summed E-state index contributed by atoms with van der Waals surface area (Å²) in [6.45, 7) is 1.50. The van der Waals surface area contributed by atoms with Crippen molar-refractivity contribution in [1.82, 2.24) is 10.6 Å². The number of allylic oxidation sites excluding steroid dienone is 1. The molecule has 0 saturated carbocycles. The van der Waals surface area contributed by atoms with E-state index in [9.17, 15) is 31.5 Å². The molecule has 176 valence electrons. The average molecular weight is 489 g/mol. The molecule has 0 bridgehead atoms. The first-order valence-electron chi connectivity index (χ1n) is 9.18. The fraction of sp³-hybridized carbons (Fsp3) is 0.190. The molecular weight excluding hydrogens is 471 g/mol. The normalized spacial score (nSPS) is 13.8. The zero-order valence-corrected chi connectivity index (χ0v) is 18.0. The van der Waals surface area contributed by atoms with Gasteiger partial charge in [0.25, 0.3) is 5.91 Å².